The molecule has 0 bridgehead atoms. The lowest BCUT2D eigenvalue weighted by Gasteiger charge is -2.22. The summed E-state index contributed by atoms with van der Waals surface area (Å²) < 4.78 is 5.67. The van der Waals surface area contributed by atoms with Crippen LogP contribution in [0.5, 0.6) is 0 Å². The van der Waals surface area contributed by atoms with E-state index in [1.807, 2.05) is 13.0 Å². The average Bonchev–Trinajstić information content (AvgIpc) is 2.40. The van der Waals surface area contributed by atoms with Crippen LogP contribution >= 0.6 is 0 Å². The van der Waals surface area contributed by atoms with Gasteiger partial charge in [-0.2, -0.15) is 5.26 Å². The molecule has 0 saturated carbocycles. The van der Waals surface area contributed by atoms with E-state index in [-0.39, 0.29) is 0 Å². The van der Waals surface area contributed by atoms with Gasteiger partial charge in [0.1, 0.15) is 11.9 Å². The van der Waals surface area contributed by atoms with Crippen LogP contribution < -0.4 is 5.32 Å². The van der Waals surface area contributed by atoms with Crippen LogP contribution in [0.4, 0.5) is 5.82 Å². The minimum absolute atomic E-state index is 0.363. The lowest BCUT2D eigenvalue weighted by Crippen LogP contribution is -2.22. The summed E-state index contributed by atoms with van der Waals surface area (Å²) in [5, 5.41) is 12.3. The summed E-state index contributed by atoms with van der Waals surface area (Å²) in [5.41, 5.74) is 1.60. The van der Waals surface area contributed by atoms with E-state index in [0.717, 1.165) is 31.6 Å². The van der Waals surface area contributed by atoms with Crippen molar-refractivity contribution in [3.8, 4) is 6.07 Å². The third-order valence-corrected chi connectivity index (χ3v) is 3.30. The number of hydrogen-bond donors (Lipinski definition) is 1. The van der Waals surface area contributed by atoms with E-state index in [1.54, 1.807) is 6.20 Å². The molecule has 1 atom stereocenters. The predicted octanol–water partition coefficient (Wildman–Crippen LogP) is 2.63. The van der Waals surface area contributed by atoms with Crippen LogP contribution in [0.2, 0.25) is 0 Å². The number of ether oxygens (including phenoxy) is 1. The summed E-state index contributed by atoms with van der Waals surface area (Å²) in [6, 6.07) is 4.05. The van der Waals surface area contributed by atoms with Crippen LogP contribution in [0.15, 0.2) is 12.3 Å². The van der Waals surface area contributed by atoms with Gasteiger partial charge in [0.05, 0.1) is 11.7 Å². The Balaban J connectivity index is 1.86. The number of hydrogen-bond acceptors (Lipinski definition) is 4. The van der Waals surface area contributed by atoms with Crippen molar-refractivity contribution in [1.82, 2.24) is 4.98 Å². The van der Waals surface area contributed by atoms with Crippen molar-refractivity contribution < 1.29 is 4.74 Å². The first-order chi connectivity index (χ1) is 8.81. The molecule has 0 aromatic carbocycles. The number of nitriles is 1. The summed E-state index contributed by atoms with van der Waals surface area (Å²) in [7, 11) is 0. The Kier molecular flexibility index (Phi) is 4.54. The van der Waals surface area contributed by atoms with Crippen molar-refractivity contribution in [2.45, 2.75) is 38.7 Å². The Morgan fingerprint density at radius 2 is 2.44 bits per heavy atom. The van der Waals surface area contributed by atoms with Gasteiger partial charge in [-0.1, -0.05) is 0 Å². The van der Waals surface area contributed by atoms with Crippen LogP contribution in [0.1, 0.15) is 36.8 Å². The SMILES string of the molecule is Cc1ccnc(NCCC2CCCCO2)c1C#N. The molecule has 4 nitrogen and oxygen atoms in total. The van der Waals surface area contributed by atoms with Gasteiger partial charge in [-0.3, -0.25) is 0 Å². The summed E-state index contributed by atoms with van der Waals surface area (Å²) in [4.78, 5) is 4.22. The fourth-order valence-corrected chi connectivity index (χ4v) is 2.22. The van der Waals surface area contributed by atoms with Gasteiger partial charge in [-0.15, -0.1) is 0 Å². The molecule has 1 saturated heterocycles. The van der Waals surface area contributed by atoms with Crippen molar-refractivity contribution in [2.24, 2.45) is 0 Å². The molecule has 1 N–H and O–H groups in total. The van der Waals surface area contributed by atoms with E-state index >= 15 is 0 Å². The molecular formula is C14H19N3O. The highest BCUT2D eigenvalue weighted by atomic mass is 16.5. The third kappa shape index (κ3) is 3.21. The van der Waals surface area contributed by atoms with Crippen LogP contribution in [0, 0.1) is 18.3 Å². The van der Waals surface area contributed by atoms with Crippen molar-refractivity contribution in [2.75, 3.05) is 18.5 Å². The van der Waals surface area contributed by atoms with Crippen molar-refractivity contribution in [1.29, 1.82) is 5.26 Å². The number of anilines is 1. The maximum atomic E-state index is 9.09. The molecule has 1 aliphatic heterocycles. The lowest BCUT2D eigenvalue weighted by molar-refractivity contribution is 0.0134. The maximum absolute atomic E-state index is 9.09. The quantitative estimate of drug-likeness (QED) is 0.886. The zero-order valence-electron chi connectivity index (χ0n) is 10.8. The van der Waals surface area contributed by atoms with Crippen LogP contribution in [-0.4, -0.2) is 24.2 Å². The fourth-order valence-electron chi connectivity index (χ4n) is 2.22. The molecule has 0 amide bonds. The Hall–Kier alpha value is -1.60. The number of aromatic nitrogens is 1. The maximum Gasteiger partial charge on any atom is 0.144 e. The second-order valence-electron chi connectivity index (χ2n) is 4.67. The normalized spacial score (nSPS) is 19.2. The molecule has 1 aromatic heterocycles. The van der Waals surface area contributed by atoms with E-state index < -0.39 is 0 Å². The zero-order chi connectivity index (χ0) is 12.8. The van der Waals surface area contributed by atoms with E-state index in [1.165, 1.54) is 12.8 Å². The van der Waals surface area contributed by atoms with Crippen LogP contribution in [0.3, 0.4) is 0 Å². The summed E-state index contributed by atoms with van der Waals surface area (Å²) >= 11 is 0. The van der Waals surface area contributed by atoms with E-state index in [4.69, 9.17) is 10.00 Å². The topological polar surface area (TPSA) is 57.9 Å². The third-order valence-electron chi connectivity index (χ3n) is 3.30. The first-order valence-corrected chi connectivity index (χ1v) is 6.52. The molecule has 1 aliphatic rings. The Bertz CT molecular complexity index is 433. The minimum atomic E-state index is 0.363. The number of nitrogens with zero attached hydrogens (tertiary/aromatic N) is 2. The standard InChI is InChI=1S/C14H19N3O/c1-11-5-7-16-14(13(11)10-15)17-8-6-12-4-2-3-9-18-12/h5,7,12H,2-4,6,8-9H2,1H3,(H,16,17). The van der Waals surface area contributed by atoms with Gasteiger partial charge in [0.2, 0.25) is 0 Å². The number of aryl methyl sites for hydroxylation is 1. The van der Waals surface area contributed by atoms with Crippen molar-refractivity contribution in [3.63, 3.8) is 0 Å². The molecule has 1 aromatic rings. The molecule has 0 radical (unpaired) electrons. The number of nitrogens with one attached hydrogen (secondary N) is 1. The molecule has 2 heterocycles. The highest BCUT2D eigenvalue weighted by Crippen LogP contribution is 2.18. The van der Waals surface area contributed by atoms with Crippen molar-refractivity contribution in [3.05, 3.63) is 23.4 Å². The minimum Gasteiger partial charge on any atom is -0.378 e. The monoisotopic (exact) mass is 245 g/mol. The molecular weight excluding hydrogens is 226 g/mol. The summed E-state index contributed by atoms with van der Waals surface area (Å²) in [5.74, 6) is 0.688. The van der Waals surface area contributed by atoms with Gasteiger partial charge in [0, 0.05) is 19.3 Å². The van der Waals surface area contributed by atoms with Crippen LogP contribution in [-0.2, 0) is 4.74 Å². The Morgan fingerprint density at radius 3 is 3.17 bits per heavy atom. The van der Waals surface area contributed by atoms with Gasteiger partial charge in [0.25, 0.3) is 0 Å². The number of pyridine rings is 1. The number of rotatable bonds is 4. The molecule has 2 rings (SSSR count). The van der Waals surface area contributed by atoms with Gasteiger partial charge in [0.15, 0.2) is 0 Å². The first kappa shape index (κ1) is 12.8. The second-order valence-corrected chi connectivity index (χ2v) is 4.67. The lowest BCUT2D eigenvalue weighted by atomic mass is 10.1. The molecule has 96 valence electrons. The average molecular weight is 245 g/mol. The van der Waals surface area contributed by atoms with Gasteiger partial charge in [-0.05, 0) is 44.2 Å². The second kappa shape index (κ2) is 6.36. The highest BCUT2D eigenvalue weighted by molar-refractivity contribution is 5.55. The van der Waals surface area contributed by atoms with E-state index in [2.05, 4.69) is 16.4 Å². The Morgan fingerprint density at radius 1 is 1.56 bits per heavy atom. The zero-order valence-corrected chi connectivity index (χ0v) is 10.8. The molecule has 18 heavy (non-hydrogen) atoms. The molecule has 1 fully saturated rings. The van der Waals surface area contributed by atoms with Gasteiger partial charge in [-0.25, -0.2) is 4.98 Å². The molecule has 4 heteroatoms. The van der Waals surface area contributed by atoms with Gasteiger partial charge < -0.3 is 10.1 Å². The molecule has 0 aliphatic carbocycles. The first-order valence-electron chi connectivity index (χ1n) is 6.52. The Labute approximate surface area is 108 Å². The fraction of sp³-hybridized carbons (Fsp3) is 0.571. The van der Waals surface area contributed by atoms with E-state index in [0.29, 0.717) is 17.5 Å². The summed E-state index contributed by atoms with van der Waals surface area (Å²) in [6.07, 6.45) is 6.66. The van der Waals surface area contributed by atoms with Crippen molar-refractivity contribution >= 4 is 5.82 Å². The molecule has 1 unspecified atom stereocenters. The largest absolute Gasteiger partial charge is 0.378 e. The van der Waals surface area contributed by atoms with Crippen LogP contribution in [0.25, 0.3) is 0 Å². The molecule has 0 spiro atoms. The summed E-state index contributed by atoms with van der Waals surface area (Å²) in [6.45, 7) is 3.61. The smallest absolute Gasteiger partial charge is 0.144 e. The van der Waals surface area contributed by atoms with E-state index in [9.17, 15) is 0 Å². The highest BCUT2D eigenvalue weighted by Gasteiger charge is 2.13. The predicted molar refractivity (Wildman–Crippen MR) is 70.4 cm³/mol. The van der Waals surface area contributed by atoms with Gasteiger partial charge >= 0.3 is 0 Å².